The molecule has 1 heterocycles. The largest absolute Gasteiger partial charge is 0.328 e. The summed E-state index contributed by atoms with van der Waals surface area (Å²) in [4.78, 5) is 4.25. The minimum Gasteiger partial charge on any atom is -0.328 e. The topological polar surface area (TPSA) is 38.9 Å². The quantitative estimate of drug-likeness (QED) is 0.789. The van der Waals surface area contributed by atoms with Gasteiger partial charge < -0.3 is 5.73 Å². The second kappa shape index (κ2) is 5.42. The van der Waals surface area contributed by atoms with Gasteiger partial charge in [0.15, 0.2) is 0 Å². The lowest BCUT2D eigenvalue weighted by atomic mass is 10.1. The lowest BCUT2D eigenvalue weighted by Crippen LogP contribution is -1.94. The Morgan fingerprint density at radius 2 is 1.56 bits per heavy atom. The second-order valence-electron chi connectivity index (χ2n) is 3.92. The zero-order valence-corrected chi connectivity index (χ0v) is 9.21. The van der Waals surface area contributed by atoms with Crippen LogP contribution in [0.2, 0.25) is 0 Å². The summed E-state index contributed by atoms with van der Waals surface area (Å²) >= 11 is 0. The standard InChI is InChI=1S/C11H9N.C3H7N/c1-2-6-10(7-3-1)11-8-4-5-9-12-11;4-3-1-2-3/h1-9H;3H,1-2,4H2. The summed E-state index contributed by atoms with van der Waals surface area (Å²) in [6, 6.07) is 16.7. The summed E-state index contributed by atoms with van der Waals surface area (Å²) in [5, 5.41) is 0. The lowest BCUT2D eigenvalue weighted by Gasteiger charge is -1.97. The van der Waals surface area contributed by atoms with E-state index in [0.29, 0.717) is 6.04 Å². The number of hydrogen-bond donors (Lipinski definition) is 1. The Bertz CT molecular complexity index is 370. The lowest BCUT2D eigenvalue weighted by molar-refractivity contribution is 1.07. The van der Waals surface area contributed by atoms with Crippen molar-refractivity contribution in [3.8, 4) is 11.3 Å². The van der Waals surface area contributed by atoms with Crippen molar-refractivity contribution in [3.63, 3.8) is 0 Å². The molecule has 2 aromatic rings. The molecule has 1 fully saturated rings. The number of pyridine rings is 1. The monoisotopic (exact) mass is 212 g/mol. The van der Waals surface area contributed by atoms with E-state index >= 15 is 0 Å². The number of hydrogen-bond acceptors (Lipinski definition) is 2. The summed E-state index contributed by atoms with van der Waals surface area (Å²) in [6.07, 6.45) is 4.34. The first kappa shape index (κ1) is 10.8. The average molecular weight is 212 g/mol. The first-order valence-corrected chi connectivity index (χ1v) is 5.58. The molecule has 2 heteroatoms. The first-order valence-electron chi connectivity index (χ1n) is 5.58. The van der Waals surface area contributed by atoms with Crippen LogP contribution in [0.3, 0.4) is 0 Å². The van der Waals surface area contributed by atoms with Crippen molar-refractivity contribution in [1.82, 2.24) is 4.98 Å². The van der Waals surface area contributed by atoms with Gasteiger partial charge in [0.05, 0.1) is 5.69 Å². The number of aromatic nitrogens is 1. The molecular formula is C14H16N2. The van der Waals surface area contributed by atoms with Gasteiger partial charge in [0.2, 0.25) is 0 Å². The fourth-order valence-electron chi connectivity index (χ4n) is 1.24. The number of benzene rings is 1. The molecule has 2 N–H and O–H groups in total. The van der Waals surface area contributed by atoms with E-state index < -0.39 is 0 Å². The van der Waals surface area contributed by atoms with Crippen LogP contribution in [0, 0.1) is 0 Å². The average Bonchev–Trinajstić information content (AvgIpc) is 3.15. The van der Waals surface area contributed by atoms with Crippen LogP contribution in [0.25, 0.3) is 11.3 Å². The van der Waals surface area contributed by atoms with E-state index in [9.17, 15) is 0 Å². The Kier molecular flexibility index (Phi) is 3.67. The molecule has 3 rings (SSSR count). The van der Waals surface area contributed by atoms with Crippen LogP contribution in [-0.4, -0.2) is 11.0 Å². The molecule has 0 unspecified atom stereocenters. The Balaban J connectivity index is 0.000000203. The van der Waals surface area contributed by atoms with Crippen molar-refractivity contribution in [2.45, 2.75) is 18.9 Å². The van der Waals surface area contributed by atoms with Gasteiger partial charge in [-0.05, 0) is 25.0 Å². The van der Waals surface area contributed by atoms with Crippen molar-refractivity contribution in [2.24, 2.45) is 5.73 Å². The van der Waals surface area contributed by atoms with E-state index in [1.807, 2.05) is 42.6 Å². The molecule has 0 saturated heterocycles. The maximum atomic E-state index is 5.22. The molecule has 0 atom stereocenters. The summed E-state index contributed by atoms with van der Waals surface area (Å²) in [6.45, 7) is 0. The first-order chi connectivity index (χ1) is 7.86. The van der Waals surface area contributed by atoms with E-state index in [4.69, 9.17) is 5.73 Å². The molecule has 1 saturated carbocycles. The predicted molar refractivity (Wildman–Crippen MR) is 66.9 cm³/mol. The van der Waals surface area contributed by atoms with Crippen LogP contribution in [0.5, 0.6) is 0 Å². The molecule has 16 heavy (non-hydrogen) atoms. The summed E-state index contributed by atoms with van der Waals surface area (Å²) < 4.78 is 0. The molecule has 1 aromatic carbocycles. The molecule has 1 aliphatic rings. The van der Waals surface area contributed by atoms with E-state index in [2.05, 4.69) is 17.1 Å². The highest BCUT2D eigenvalue weighted by Gasteiger charge is 2.13. The number of rotatable bonds is 1. The van der Waals surface area contributed by atoms with Gasteiger partial charge in [-0.15, -0.1) is 0 Å². The molecular weight excluding hydrogens is 196 g/mol. The number of nitrogens with two attached hydrogens (primary N) is 1. The zero-order valence-electron chi connectivity index (χ0n) is 9.21. The van der Waals surface area contributed by atoms with Gasteiger partial charge in [0, 0.05) is 17.8 Å². The molecule has 0 amide bonds. The third-order valence-electron chi connectivity index (χ3n) is 2.36. The second-order valence-corrected chi connectivity index (χ2v) is 3.92. The van der Waals surface area contributed by atoms with E-state index in [-0.39, 0.29) is 0 Å². The SMILES string of the molecule is NC1CC1.c1ccc(-c2ccccn2)cc1. The third-order valence-corrected chi connectivity index (χ3v) is 2.36. The third kappa shape index (κ3) is 3.48. The molecule has 0 spiro atoms. The molecule has 0 radical (unpaired) electrons. The van der Waals surface area contributed by atoms with Crippen LogP contribution in [0.4, 0.5) is 0 Å². The normalized spacial score (nSPS) is 13.8. The van der Waals surface area contributed by atoms with Crippen LogP contribution in [0.1, 0.15) is 12.8 Å². The zero-order chi connectivity index (χ0) is 11.2. The van der Waals surface area contributed by atoms with Crippen molar-refractivity contribution >= 4 is 0 Å². The minimum atomic E-state index is 0.583. The van der Waals surface area contributed by atoms with Gasteiger partial charge in [0.25, 0.3) is 0 Å². The highest BCUT2D eigenvalue weighted by atomic mass is 14.7. The number of nitrogens with zero attached hydrogens (tertiary/aromatic N) is 1. The fourth-order valence-corrected chi connectivity index (χ4v) is 1.24. The Hall–Kier alpha value is -1.67. The van der Waals surface area contributed by atoms with E-state index in [0.717, 1.165) is 11.3 Å². The fraction of sp³-hybridized carbons (Fsp3) is 0.214. The molecule has 0 bridgehead atoms. The molecule has 82 valence electrons. The van der Waals surface area contributed by atoms with Crippen molar-refractivity contribution < 1.29 is 0 Å². The van der Waals surface area contributed by atoms with Gasteiger partial charge in [0.1, 0.15) is 0 Å². The molecule has 1 aromatic heterocycles. The minimum absolute atomic E-state index is 0.583. The summed E-state index contributed by atoms with van der Waals surface area (Å²) in [5.41, 5.74) is 7.41. The summed E-state index contributed by atoms with van der Waals surface area (Å²) in [5.74, 6) is 0. The Morgan fingerprint density at radius 1 is 0.938 bits per heavy atom. The van der Waals surface area contributed by atoms with Crippen molar-refractivity contribution in [1.29, 1.82) is 0 Å². The smallest absolute Gasteiger partial charge is 0.0701 e. The molecule has 1 aliphatic carbocycles. The maximum absolute atomic E-state index is 5.22. The van der Waals surface area contributed by atoms with E-state index in [1.54, 1.807) is 0 Å². The molecule has 2 nitrogen and oxygen atoms in total. The van der Waals surface area contributed by atoms with Gasteiger partial charge in [-0.2, -0.15) is 0 Å². The predicted octanol–water partition coefficient (Wildman–Crippen LogP) is 2.86. The van der Waals surface area contributed by atoms with Crippen LogP contribution in [-0.2, 0) is 0 Å². The van der Waals surface area contributed by atoms with Crippen LogP contribution >= 0.6 is 0 Å². The maximum Gasteiger partial charge on any atom is 0.0701 e. The Labute approximate surface area is 96.1 Å². The van der Waals surface area contributed by atoms with Gasteiger partial charge in [-0.25, -0.2) is 0 Å². The van der Waals surface area contributed by atoms with Gasteiger partial charge in [-0.1, -0.05) is 36.4 Å². The highest BCUT2D eigenvalue weighted by molar-refractivity contribution is 5.58. The summed E-state index contributed by atoms with van der Waals surface area (Å²) in [7, 11) is 0. The van der Waals surface area contributed by atoms with Crippen LogP contribution in [0.15, 0.2) is 54.7 Å². The van der Waals surface area contributed by atoms with Crippen molar-refractivity contribution in [3.05, 3.63) is 54.7 Å². The van der Waals surface area contributed by atoms with Gasteiger partial charge in [-0.3, -0.25) is 4.98 Å². The molecule has 0 aliphatic heterocycles. The van der Waals surface area contributed by atoms with E-state index in [1.165, 1.54) is 12.8 Å². The van der Waals surface area contributed by atoms with Gasteiger partial charge >= 0.3 is 0 Å². The highest BCUT2D eigenvalue weighted by Crippen LogP contribution is 2.14. The van der Waals surface area contributed by atoms with Crippen LogP contribution < -0.4 is 5.73 Å². The Morgan fingerprint density at radius 3 is 2.06 bits per heavy atom. The van der Waals surface area contributed by atoms with Crippen molar-refractivity contribution in [2.75, 3.05) is 0 Å².